The van der Waals surface area contributed by atoms with Crippen LogP contribution in [0, 0.1) is 0 Å². The fraction of sp³-hybridized carbons (Fsp3) is 0.941. The van der Waals surface area contributed by atoms with E-state index in [1.165, 1.54) is 61.3 Å². The van der Waals surface area contributed by atoms with Crippen LogP contribution in [0.4, 0.5) is 0 Å². The smallest absolute Gasteiger partial charge is 0.0757 e. The zero-order chi connectivity index (χ0) is 18.9. The molecule has 0 aliphatic rings. The van der Waals surface area contributed by atoms with Gasteiger partial charge in [0.05, 0.1) is 52.4 Å². The Morgan fingerprint density at radius 2 is 0.783 bits per heavy atom. The molecule has 2 nitrogen and oxygen atoms in total. The van der Waals surface area contributed by atoms with Crippen molar-refractivity contribution in [2.75, 3.05) is 52.4 Å². The van der Waals surface area contributed by atoms with Crippen LogP contribution in [-0.2, 0) is 34.1 Å². The van der Waals surface area contributed by atoms with Gasteiger partial charge in [-0.05, 0) is 55.4 Å². The van der Waals surface area contributed by atoms with E-state index in [2.05, 4.69) is 91.4 Å². The molecule has 6 heteroatoms. The molecular formula is C17H40N2S4. The van der Waals surface area contributed by atoms with Crippen LogP contribution in [0.3, 0.4) is 0 Å². The second-order valence-electron chi connectivity index (χ2n) is 5.55. The molecule has 0 N–H and O–H groups in total. The summed E-state index contributed by atoms with van der Waals surface area (Å²) in [4.78, 5) is 0. The molecule has 0 aromatic heterocycles. The van der Waals surface area contributed by atoms with E-state index in [-0.39, 0.29) is 0 Å². The van der Waals surface area contributed by atoms with Crippen molar-refractivity contribution in [3.8, 4) is 0 Å². The summed E-state index contributed by atoms with van der Waals surface area (Å²) in [6.45, 7) is 28.4. The largest absolute Gasteiger partial charge is 0.524 e. The van der Waals surface area contributed by atoms with Crippen molar-refractivity contribution < 1.29 is 8.97 Å². The zero-order valence-corrected chi connectivity index (χ0v) is 20.0. The first kappa shape index (κ1) is 28.6. The molecule has 0 spiro atoms. The van der Waals surface area contributed by atoms with Crippen molar-refractivity contribution in [1.29, 1.82) is 0 Å². The molecular weight excluding hydrogens is 360 g/mol. The molecule has 0 aromatic rings. The molecule has 0 aromatic carbocycles. The summed E-state index contributed by atoms with van der Waals surface area (Å²) in [6.07, 6.45) is 0. The average Bonchev–Trinajstić information content (AvgIpc) is 2.61. The molecule has 0 saturated heterocycles. The Balaban J connectivity index is -0.000000273. The molecule has 0 atom stereocenters. The van der Waals surface area contributed by atoms with Gasteiger partial charge in [-0.3, -0.25) is 14.7 Å². The van der Waals surface area contributed by atoms with Crippen LogP contribution < -0.4 is 0 Å². The third-order valence-corrected chi connectivity index (χ3v) is 7.20. The Kier molecular flexibility index (Phi) is 21.9. The summed E-state index contributed by atoms with van der Waals surface area (Å²) in [5.41, 5.74) is 0. The second-order valence-corrected chi connectivity index (χ2v) is 8.21. The lowest BCUT2D eigenvalue weighted by molar-refractivity contribution is -0.921. The van der Waals surface area contributed by atoms with E-state index in [0.29, 0.717) is 3.53 Å². The third-order valence-electron chi connectivity index (χ3n) is 5.43. The van der Waals surface area contributed by atoms with Crippen LogP contribution >= 0.6 is 12.2 Å². The van der Waals surface area contributed by atoms with Gasteiger partial charge in [0.1, 0.15) is 0 Å². The molecule has 23 heavy (non-hydrogen) atoms. The van der Waals surface area contributed by atoms with Crippen molar-refractivity contribution in [2.24, 2.45) is 0 Å². The highest BCUT2D eigenvalue weighted by atomic mass is 32.8. The summed E-state index contributed by atoms with van der Waals surface area (Å²) >= 11 is 13.1. The second kappa shape index (κ2) is 17.6. The van der Waals surface area contributed by atoms with E-state index in [9.17, 15) is 0 Å². The fourth-order valence-electron chi connectivity index (χ4n) is 2.68. The predicted octanol–water partition coefficient (Wildman–Crippen LogP) is 4.13. The quantitative estimate of drug-likeness (QED) is 0.341. The van der Waals surface area contributed by atoms with E-state index in [1.807, 2.05) is 0 Å². The van der Waals surface area contributed by atoms with Gasteiger partial charge < -0.3 is 44.1 Å². The van der Waals surface area contributed by atoms with Crippen molar-refractivity contribution in [3.05, 3.63) is 0 Å². The first-order chi connectivity index (χ1) is 10.8. The zero-order valence-electron chi connectivity index (χ0n) is 16.7. The lowest BCUT2D eigenvalue weighted by atomic mass is 10.3. The van der Waals surface area contributed by atoms with Crippen molar-refractivity contribution in [1.82, 2.24) is 0 Å². The van der Waals surface area contributed by atoms with Gasteiger partial charge in [0, 0.05) is 0 Å². The maximum Gasteiger partial charge on any atom is 0.0757 e. The van der Waals surface area contributed by atoms with Gasteiger partial charge in [0.2, 0.25) is 0 Å². The normalized spacial score (nSPS) is 11.0. The lowest BCUT2D eigenvalue weighted by Gasteiger charge is -2.34. The van der Waals surface area contributed by atoms with Gasteiger partial charge in [0.25, 0.3) is 0 Å². The summed E-state index contributed by atoms with van der Waals surface area (Å²) in [5.74, 6) is 0. The summed E-state index contributed by atoms with van der Waals surface area (Å²) in [7, 11) is 1.01. The Morgan fingerprint density at radius 3 is 0.783 bits per heavy atom. The standard InChI is InChI=1S/2C8H20N.CHS4/c2*1-5-9(6-2,7-3)8-4;2-1(3)5-4/h2*5-8H2,1-4H3;(H,2,3)/q2*+1;-1/p-1. The van der Waals surface area contributed by atoms with Gasteiger partial charge in [-0.2, -0.15) is 0 Å². The maximum atomic E-state index is 4.37. The number of nitrogens with zero attached hydrogens (tertiary/aromatic N) is 2. The van der Waals surface area contributed by atoms with Crippen LogP contribution in [0.2, 0.25) is 0 Å². The third kappa shape index (κ3) is 13.7. The van der Waals surface area contributed by atoms with Crippen molar-refractivity contribution >= 4 is 49.9 Å². The monoisotopic (exact) mass is 400 g/mol. The van der Waals surface area contributed by atoms with E-state index < -0.39 is 0 Å². The number of hydrogen-bond acceptors (Lipinski definition) is 4. The van der Waals surface area contributed by atoms with Crippen LogP contribution in [0.1, 0.15) is 55.4 Å². The van der Waals surface area contributed by atoms with Crippen LogP contribution in [0.15, 0.2) is 0 Å². The van der Waals surface area contributed by atoms with Crippen LogP contribution in [0.5, 0.6) is 0 Å². The first-order valence-electron chi connectivity index (χ1n) is 8.97. The number of quaternary nitrogens is 2. The van der Waals surface area contributed by atoms with Crippen LogP contribution in [0.25, 0.3) is 0 Å². The summed E-state index contributed by atoms with van der Waals surface area (Å²) in [5, 5.41) is 0. The highest BCUT2D eigenvalue weighted by molar-refractivity contribution is 8.40. The molecule has 0 heterocycles. The maximum absolute atomic E-state index is 4.37. The lowest BCUT2D eigenvalue weighted by Crippen LogP contribution is -2.47. The Labute approximate surface area is 166 Å². The summed E-state index contributed by atoms with van der Waals surface area (Å²) in [6, 6.07) is 0. The van der Waals surface area contributed by atoms with Crippen molar-refractivity contribution in [3.63, 3.8) is 0 Å². The minimum absolute atomic E-state index is 0.403. The number of hydrogen-bond donors (Lipinski definition) is 0. The Hall–Kier alpha value is 0.800. The van der Waals surface area contributed by atoms with Crippen LogP contribution in [-0.4, -0.2) is 64.9 Å². The molecule has 0 amide bonds. The SMILES string of the molecule is CC[N+](CC)(CC)CC.CC[N+](CC)(CC)CC.S=[S-]C(=S)[S-]. The van der Waals surface area contributed by atoms with Gasteiger partial charge in [0.15, 0.2) is 0 Å². The topological polar surface area (TPSA) is 0 Å². The summed E-state index contributed by atoms with van der Waals surface area (Å²) < 4.78 is 2.96. The molecule has 0 aliphatic heterocycles. The molecule has 0 bridgehead atoms. The van der Waals surface area contributed by atoms with E-state index >= 15 is 0 Å². The molecule has 0 aliphatic carbocycles. The van der Waals surface area contributed by atoms with Gasteiger partial charge in [-0.1, -0.05) is 0 Å². The Morgan fingerprint density at radius 1 is 0.652 bits per heavy atom. The highest BCUT2D eigenvalue weighted by Gasteiger charge is 2.16. The van der Waals surface area contributed by atoms with E-state index in [1.54, 1.807) is 0 Å². The average molecular weight is 401 g/mol. The van der Waals surface area contributed by atoms with Gasteiger partial charge in [-0.15, -0.1) is 0 Å². The van der Waals surface area contributed by atoms with E-state index in [4.69, 9.17) is 0 Å². The number of rotatable bonds is 8. The molecule has 0 fully saturated rings. The first-order valence-corrected chi connectivity index (χ1v) is 11.5. The predicted molar refractivity (Wildman–Crippen MR) is 120 cm³/mol. The minimum Gasteiger partial charge on any atom is -0.524 e. The van der Waals surface area contributed by atoms with Gasteiger partial charge in [-0.25, -0.2) is 0 Å². The minimum atomic E-state index is 0.403. The number of thiocarbonyl (C=S) groups is 1. The van der Waals surface area contributed by atoms with Crippen molar-refractivity contribution in [2.45, 2.75) is 55.4 Å². The molecule has 0 unspecified atom stereocenters. The molecule has 0 radical (unpaired) electrons. The molecule has 142 valence electrons. The molecule has 0 rings (SSSR count). The van der Waals surface area contributed by atoms with Gasteiger partial charge >= 0.3 is 0 Å². The van der Waals surface area contributed by atoms with E-state index in [0.717, 1.165) is 10.3 Å². The fourth-order valence-corrected chi connectivity index (χ4v) is 2.68. The Bertz CT molecular complexity index is 233. The molecule has 0 saturated carbocycles. The highest BCUT2D eigenvalue weighted by Crippen LogP contribution is 2.03.